The van der Waals surface area contributed by atoms with Crippen LogP contribution in [0.2, 0.25) is 0 Å². The van der Waals surface area contributed by atoms with Crippen LogP contribution in [0.1, 0.15) is 12.0 Å². The molecule has 0 saturated carbocycles. The molecule has 2 N–H and O–H groups in total. The second-order valence-corrected chi connectivity index (χ2v) is 4.18. The number of ether oxygens (including phenoxy) is 1. The van der Waals surface area contributed by atoms with Crippen molar-refractivity contribution >= 4 is 11.3 Å². The molecule has 1 unspecified atom stereocenters. The highest BCUT2D eigenvalue weighted by molar-refractivity contribution is 5.70. The van der Waals surface area contributed by atoms with Crippen LogP contribution >= 0.6 is 0 Å². The van der Waals surface area contributed by atoms with Gasteiger partial charge in [-0.05, 0) is 29.3 Å². The summed E-state index contributed by atoms with van der Waals surface area (Å²) in [4.78, 5) is 0. The molecule has 1 aliphatic rings. The highest BCUT2D eigenvalue weighted by Gasteiger charge is 2.43. The zero-order valence-electron chi connectivity index (χ0n) is 9.75. The van der Waals surface area contributed by atoms with Crippen molar-refractivity contribution in [1.82, 2.24) is 0 Å². The van der Waals surface area contributed by atoms with Crippen LogP contribution in [0, 0.1) is 0 Å². The quantitative estimate of drug-likeness (QED) is 0.656. The van der Waals surface area contributed by atoms with Gasteiger partial charge in [-0.25, -0.2) is 4.39 Å². The molecule has 102 valence electrons. The van der Waals surface area contributed by atoms with E-state index in [1.807, 2.05) is 0 Å². The Hall–Kier alpha value is -1.82. The lowest BCUT2D eigenvalue weighted by Gasteiger charge is -2.26. The number of nitrogen functional groups attached to an aromatic ring is 1. The summed E-state index contributed by atoms with van der Waals surface area (Å²) in [5.74, 6) is -2.87. The molecule has 0 saturated heterocycles. The average molecular weight is 273 g/mol. The number of hydrogen-bond donors (Lipinski definition) is 1. The summed E-state index contributed by atoms with van der Waals surface area (Å²) in [5, 5.41) is 0. The van der Waals surface area contributed by atoms with E-state index in [9.17, 15) is 17.6 Å². The van der Waals surface area contributed by atoms with Gasteiger partial charge in [0.25, 0.3) is 0 Å². The first-order valence-corrected chi connectivity index (χ1v) is 5.48. The molecule has 0 aromatic heterocycles. The number of allylic oxidation sites excluding steroid dienone is 2. The van der Waals surface area contributed by atoms with Gasteiger partial charge in [-0.15, -0.1) is 13.2 Å². The third-order valence-electron chi connectivity index (χ3n) is 2.64. The molecule has 1 aliphatic carbocycles. The smallest absolute Gasteiger partial charge is 0.399 e. The fourth-order valence-electron chi connectivity index (χ4n) is 1.84. The van der Waals surface area contributed by atoms with Crippen molar-refractivity contribution in [1.29, 1.82) is 0 Å². The Kier molecular flexibility index (Phi) is 3.36. The van der Waals surface area contributed by atoms with Crippen LogP contribution in [0.3, 0.4) is 0 Å². The molecule has 6 heteroatoms. The van der Waals surface area contributed by atoms with Crippen molar-refractivity contribution in [3.8, 4) is 0 Å². The van der Waals surface area contributed by atoms with E-state index in [1.54, 1.807) is 30.3 Å². The Labute approximate surface area is 107 Å². The highest BCUT2D eigenvalue weighted by atomic mass is 19.4. The Morgan fingerprint density at radius 2 is 1.79 bits per heavy atom. The molecule has 2 rings (SSSR count). The predicted octanol–water partition coefficient (Wildman–Crippen LogP) is 3.81. The Morgan fingerprint density at radius 3 is 2.37 bits per heavy atom. The van der Waals surface area contributed by atoms with Crippen LogP contribution in [0.15, 0.2) is 42.5 Å². The number of nitrogens with two attached hydrogens (primary N) is 1. The minimum atomic E-state index is -5.03. The third kappa shape index (κ3) is 3.57. The van der Waals surface area contributed by atoms with Crippen LogP contribution in [0.5, 0.6) is 0 Å². The first kappa shape index (κ1) is 13.6. The van der Waals surface area contributed by atoms with Gasteiger partial charge >= 0.3 is 6.36 Å². The molecule has 0 bridgehead atoms. The number of rotatable bonds is 2. The first-order chi connectivity index (χ1) is 8.77. The van der Waals surface area contributed by atoms with Crippen molar-refractivity contribution in [2.75, 3.05) is 5.73 Å². The van der Waals surface area contributed by atoms with E-state index in [-0.39, 0.29) is 0 Å². The number of halogens is 4. The lowest BCUT2D eigenvalue weighted by atomic mass is 9.94. The van der Waals surface area contributed by atoms with E-state index < -0.39 is 18.6 Å². The minimum Gasteiger partial charge on any atom is -0.399 e. The van der Waals surface area contributed by atoms with Gasteiger partial charge in [0.05, 0.1) is 0 Å². The second-order valence-electron chi connectivity index (χ2n) is 4.18. The number of anilines is 1. The van der Waals surface area contributed by atoms with Crippen molar-refractivity contribution < 1.29 is 22.3 Å². The molecule has 0 fully saturated rings. The van der Waals surface area contributed by atoms with Gasteiger partial charge in [0, 0.05) is 12.1 Å². The fourth-order valence-corrected chi connectivity index (χ4v) is 1.84. The Bertz CT molecular complexity index is 518. The maximum atomic E-state index is 14.0. The van der Waals surface area contributed by atoms with Crippen LogP contribution in [0.4, 0.5) is 23.2 Å². The number of hydrogen-bond acceptors (Lipinski definition) is 2. The zero-order valence-corrected chi connectivity index (χ0v) is 9.75. The first-order valence-electron chi connectivity index (χ1n) is 5.48. The SMILES string of the molecule is Nc1ccc(C2=CC=CC(F)(OC(F)(F)F)C2)cc1. The normalized spacial score (nSPS) is 23.3. The summed E-state index contributed by atoms with van der Waals surface area (Å²) >= 11 is 0. The molecule has 0 radical (unpaired) electrons. The average Bonchev–Trinajstić information content (AvgIpc) is 2.26. The van der Waals surface area contributed by atoms with E-state index in [0.29, 0.717) is 16.8 Å². The lowest BCUT2D eigenvalue weighted by molar-refractivity contribution is -0.379. The summed E-state index contributed by atoms with van der Waals surface area (Å²) < 4.78 is 53.9. The van der Waals surface area contributed by atoms with E-state index in [0.717, 1.165) is 6.08 Å². The molecule has 0 spiro atoms. The van der Waals surface area contributed by atoms with Gasteiger partial charge in [0.2, 0.25) is 5.85 Å². The van der Waals surface area contributed by atoms with Gasteiger partial charge in [-0.2, -0.15) is 0 Å². The van der Waals surface area contributed by atoms with E-state index in [4.69, 9.17) is 5.73 Å². The summed E-state index contributed by atoms with van der Waals surface area (Å²) in [6.45, 7) is 0. The summed E-state index contributed by atoms with van der Waals surface area (Å²) in [6.07, 6.45) is -2.03. The van der Waals surface area contributed by atoms with Crippen LogP contribution < -0.4 is 5.73 Å². The van der Waals surface area contributed by atoms with Gasteiger partial charge in [-0.1, -0.05) is 24.3 Å². The molecule has 0 aliphatic heterocycles. The van der Waals surface area contributed by atoms with Crippen LogP contribution in [-0.4, -0.2) is 12.2 Å². The standard InChI is InChI=1S/C13H11F4NO/c14-12(19-13(15,16)17)7-1-2-10(8-12)9-3-5-11(18)6-4-9/h1-7H,8,18H2. The van der Waals surface area contributed by atoms with Crippen molar-refractivity contribution in [3.63, 3.8) is 0 Å². The summed E-state index contributed by atoms with van der Waals surface area (Å²) in [7, 11) is 0. The topological polar surface area (TPSA) is 35.2 Å². The molecule has 0 heterocycles. The highest BCUT2D eigenvalue weighted by Crippen LogP contribution is 2.38. The monoisotopic (exact) mass is 273 g/mol. The largest absolute Gasteiger partial charge is 0.525 e. The number of benzene rings is 1. The van der Waals surface area contributed by atoms with Crippen LogP contribution in [0.25, 0.3) is 5.57 Å². The van der Waals surface area contributed by atoms with Crippen molar-refractivity contribution in [2.24, 2.45) is 0 Å². The maximum absolute atomic E-state index is 14.0. The van der Waals surface area contributed by atoms with Crippen LogP contribution in [-0.2, 0) is 4.74 Å². The zero-order chi connectivity index (χ0) is 14.1. The molecule has 0 amide bonds. The van der Waals surface area contributed by atoms with Gasteiger partial charge < -0.3 is 5.73 Å². The second kappa shape index (κ2) is 4.70. The molecular formula is C13H11F4NO. The molecular weight excluding hydrogens is 262 g/mol. The Morgan fingerprint density at radius 1 is 1.16 bits per heavy atom. The number of alkyl halides is 4. The Balaban J connectivity index is 2.20. The molecule has 19 heavy (non-hydrogen) atoms. The van der Waals surface area contributed by atoms with Gasteiger partial charge in [0.15, 0.2) is 0 Å². The van der Waals surface area contributed by atoms with E-state index in [1.165, 1.54) is 6.08 Å². The van der Waals surface area contributed by atoms with Crippen molar-refractivity contribution in [2.45, 2.75) is 18.6 Å². The lowest BCUT2D eigenvalue weighted by Crippen LogP contribution is -2.33. The third-order valence-corrected chi connectivity index (χ3v) is 2.64. The molecule has 1 aromatic carbocycles. The molecule has 1 atom stereocenters. The van der Waals surface area contributed by atoms with Gasteiger partial charge in [-0.3, -0.25) is 4.74 Å². The van der Waals surface area contributed by atoms with E-state index >= 15 is 0 Å². The molecule has 1 aromatic rings. The molecule has 2 nitrogen and oxygen atoms in total. The van der Waals surface area contributed by atoms with Crippen molar-refractivity contribution in [3.05, 3.63) is 48.1 Å². The van der Waals surface area contributed by atoms with Gasteiger partial charge in [0.1, 0.15) is 0 Å². The minimum absolute atomic E-state index is 0.411. The summed E-state index contributed by atoms with van der Waals surface area (Å²) in [6, 6.07) is 6.43. The fraction of sp³-hybridized carbons (Fsp3) is 0.231. The maximum Gasteiger partial charge on any atom is 0.525 e. The van der Waals surface area contributed by atoms with E-state index in [2.05, 4.69) is 4.74 Å². The summed E-state index contributed by atoms with van der Waals surface area (Å²) in [5.41, 5.74) is 7.05. The predicted molar refractivity (Wildman–Crippen MR) is 63.6 cm³/mol.